The van der Waals surface area contributed by atoms with Gasteiger partial charge >= 0.3 is 0 Å². The second-order valence-electron chi connectivity index (χ2n) is 7.25. The average molecular weight is 370 g/mol. The van der Waals surface area contributed by atoms with E-state index in [-0.39, 0.29) is 0 Å². The van der Waals surface area contributed by atoms with Crippen LogP contribution < -0.4 is 10.6 Å². The van der Waals surface area contributed by atoms with Crippen LogP contribution in [0.5, 0.6) is 0 Å². The van der Waals surface area contributed by atoms with Crippen molar-refractivity contribution < 1.29 is 0 Å². The van der Waals surface area contributed by atoms with Crippen molar-refractivity contribution in [2.75, 3.05) is 18.0 Å². The first-order valence-corrected chi connectivity index (χ1v) is 10.1. The molecule has 0 spiro atoms. The van der Waals surface area contributed by atoms with E-state index >= 15 is 0 Å². The molecule has 2 N–H and O–H groups in total. The minimum absolute atomic E-state index is 0.764. The fourth-order valence-corrected chi connectivity index (χ4v) is 3.86. The Balaban J connectivity index is 1.82. The van der Waals surface area contributed by atoms with Gasteiger partial charge in [0.05, 0.1) is 16.7 Å². The molecule has 0 unspecified atom stereocenters. The van der Waals surface area contributed by atoms with E-state index in [0.717, 1.165) is 49.9 Å². The monoisotopic (exact) mass is 369 g/mol. The Kier molecular flexibility index (Phi) is 5.83. The molecule has 0 aliphatic carbocycles. The van der Waals surface area contributed by atoms with Crippen LogP contribution in [0, 0.1) is 0 Å². The molecule has 3 aromatic carbocycles. The molecule has 0 atom stereocenters. The summed E-state index contributed by atoms with van der Waals surface area (Å²) in [5.74, 6) is 0. The molecule has 4 rings (SSSR count). The maximum Gasteiger partial charge on any atom is 0.0730 e. The molecule has 3 heteroatoms. The molecule has 0 saturated heterocycles. The van der Waals surface area contributed by atoms with Crippen molar-refractivity contribution in [3.8, 4) is 0 Å². The molecule has 0 aliphatic heterocycles. The third kappa shape index (κ3) is 4.00. The normalized spacial score (nSPS) is 11.2. The van der Waals surface area contributed by atoms with Gasteiger partial charge in [-0.3, -0.25) is 0 Å². The zero-order chi connectivity index (χ0) is 19.2. The van der Waals surface area contributed by atoms with Crippen LogP contribution in [0.4, 0.5) is 5.69 Å². The lowest BCUT2D eigenvalue weighted by Gasteiger charge is -2.28. The maximum atomic E-state index is 5.71. The summed E-state index contributed by atoms with van der Waals surface area (Å²) in [4.78, 5) is 7.42. The van der Waals surface area contributed by atoms with Crippen molar-refractivity contribution >= 4 is 27.5 Å². The lowest BCUT2D eigenvalue weighted by molar-refractivity contribution is 0.658. The average Bonchev–Trinajstić information content (AvgIpc) is 2.75. The quantitative estimate of drug-likeness (QED) is 0.328. The van der Waals surface area contributed by atoms with Gasteiger partial charge in [0.1, 0.15) is 0 Å². The van der Waals surface area contributed by atoms with E-state index in [1.165, 1.54) is 22.0 Å². The standard InChI is InChI=1S/C25H27N3/c26-17-9-2-10-18-28(19-20-11-3-1-4-12-20)25-21-13-5-7-15-23(21)27-24-16-8-6-14-22(24)25/h1,3-8,11-16H,2,9-10,17-19,26H2. The number of pyridine rings is 1. The zero-order valence-corrected chi connectivity index (χ0v) is 16.2. The molecule has 0 saturated carbocycles. The lowest BCUT2D eigenvalue weighted by Crippen LogP contribution is -2.24. The molecule has 4 aromatic rings. The topological polar surface area (TPSA) is 42.1 Å². The Morgan fingerprint density at radius 3 is 1.93 bits per heavy atom. The van der Waals surface area contributed by atoms with Gasteiger partial charge in [0.25, 0.3) is 0 Å². The summed E-state index contributed by atoms with van der Waals surface area (Å²) in [5, 5.41) is 2.44. The summed E-state index contributed by atoms with van der Waals surface area (Å²) in [5.41, 5.74) is 10.4. The molecule has 142 valence electrons. The summed E-state index contributed by atoms with van der Waals surface area (Å²) in [7, 11) is 0. The van der Waals surface area contributed by atoms with Gasteiger partial charge in [-0.2, -0.15) is 0 Å². The number of aromatic nitrogens is 1. The summed E-state index contributed by atoms with van der Waals surface area (Å²) >= 11 is 0. The number of para-hydroxylation sites is 2. The number of benzene rings is 3. The molecule has 1 aromatic heterocycles. The molecule has 1 heterocycles. The summed E-state index contributed by atoms with van der Waals surface area (Å²) in [6.07, 6.45) is 3.37. The Bertz CT molecular complexity index is 989. The van der Waals surface area contributed by atoms with Crippen molar-refractivity contribution in [1.29, 1.82) is 0 Å². The van der Waals surface area contributed by atoms with E-state index in [2.05, 4.69) is 83.8 Å². The number of nitrogens with zero attached hydrogens (tertiary/aromatic N) is 2. The largest absolute Gasteiger partial charge is 0.366 e. The summed E-state index contributed by atoms with van der Waals surface area (Å²) < 4.78 is 0. The van der Waals surface area contributed by atoms with E-state index < -0.39 is 0 Å². The van der Waals surface area contributed by atoms with Crippen molar-refractivity contribution in [2.24, 2.45) is 5.73 Å². The van der Waals surface area contributed by atoms with Crippen molar-refractivity contribution in [3.05, 3.63) is 84.4 Å². The van der Waals surface area contributed by atoms with Gasteiger partial charge in [0, 0.05) is 23.9 Å². The third-order valence-electron chi connectivity index (χ3n) is 5.22. The van der Waals surface area contributed by atoms with Gasteiger partial charge < -0.3 is 10.6 Å². The predicted octanol–water partition coefficient (Wildman–Crippen LogP) is 5.52. The Labute approximate surface area is 166 Å². The fourth-order valence-electron chi connectivity index (χ4n) is 3.86. The van der Waals surface area contributed by atoms with Gasteiger partial charge in [-0.05, 0) is 37.1 Å². The van der Waals surface area contributed by atoms with Crippen LogP contribution in [0.2, 0.25) is 0 Å². The fraction of sp³-hybridized carbons (Fsp3) is 0.240. The highest BCUT2D eigenvalue weighted by molar-refractivity contribution is 6.07. The number of fused-ring (bicyclic) bond motifs is 2. The van der Waals surface area contributed by atoms with Gasteiger partial charge in [-0.1, -0.05) is 73.2 Å². The number of hydrogen-bond donors (Lipinski definition) is 1. The Hall–Kier alpha value is -2.91. The van der Waals surface area contributed by atoms with Crippen LogP contribution in [0.15, 0.2) is 78.9 Å². The molecule has 0 radical (unpaired) electrons. The minimum atomic E-state index is 0.764. The SMILES string of the molecule is NCCCCCN(Cc1ccccc1)c1c2ccccc2nc2ccccc12. The van der Waals surface area contributed by atoms with E-state index in [4.69, 9.17) is 10.7 Å². The smallest absolute Gasteiger partial charge is 0.0730 e. The lowest BCUT2D eigenvalue weighted by atomic mass is 10.0. The number of hydrogen-bond acceptors (Lipinski definition) is 3. The molecular weight excluding hydrogens is 342 g/mol. The molecule has 0 fully saturated rings. The maximum absolute atomic E-state index is 5.71. The predicted molar refractivity (Wildman–Crippen MR) is 120 cm³/mol. The third-order valence-corrected chi connectivity index (χ3v) is 5.22. The van der Waals surface area contributed by atoms with E-state index in [1.807, 2.05) is 0 Å². The highest BCUT2D eigenvalue weighted by Gasteiger charge is 2.16. The van der Waals surface area contributed by atoms with Crippen LogP contribution in [-0.2, 0) is 6.54 Å². The molecule has 28 heavy (non-hydrogen) atoms. The van der Waals surface area contributed by atoms with Crippen LogP contribution in [-0.4, -0.2) is 18.1 Å². The second-order valence-corrected chi connectivity index (χ2v) is 7.25. The van der Waals surface area contributed by atoms with Gasteiger partial charge in [0.15, 0.2) is 0 Å². The molecular formula is C25H27N3. The van der Waals surface area contributed by atoms with Crippen molar-refractivity contribution in [1.82, 2.24) is 4.98 Å². The molecule has 3 nitrogen and oxygen atoms in total. The number of nitrogens with two attached hydrogens (primary N) is 1. The van der Waals surface area contributed by atoms with Gasteiger partial charge in [-0.25, -0.2) is 4.98 Å². The Morgan fingerprint density at radius 2 is 1.29 bits per heavy atom. The minimum Gasteiger partial charge on any atom is -0.366 e. The van der Waals surface area contributed by atoms with Crippen LogP contribution >= 0.6 is 0 Å². The molecule has 0 amide bonds. The molecule has 0 bridgehead atoms. The summed E-state index contributed by atoms with van der Waals surface area (Å²) in [6.45, 7) is 2.66. The highest BCUT2D eigenvalue weighted by Crippen LogP contribution is 2.34. The zero-order valence-electron chi connectivity index (χ0n) is 16.2. The van der Waals surface area contributed by atoms with E-state index in [9.17, 15) is 0 Å². The van der Waals surface area contributed by atoms with Crippen molar-refractivity contribution in [2.45, 2.75) is 25.8 Å². The second kappa shape index (κ2) is 8.85. The first-order valence-electron chi connectivity index (χ1n) is 10.1. The van der Waals surface area contributed by atoms with Crippen LogP contribution in [0.3, 0.4) is 0 Å². The molecule has 0 aliphatic rings. The highest BCUT2D eigenvalue weighted by atomic mass is 15.1. The summed E-state index contributed by atoms with van der Waals surface area (Å²) in [6, 6.07) is 27.7. The number of unbranched alkanes of at least 4 members (excludes halogenated alkanes) is 2. The first kappa shape index (κ1) is 18.5. The van der Waals surface area contributed by atoms with Gasteiger partial charge in [-0.15, -0.1) is 0 Å². The van der Waals surface area contributed by atoms with Gasteiger partial charge in [0.2, 0.25) is 0 Å². The van der Waals surface area contributed by atoms with E-state index in [1.54, 1.807) is 0 Å². The first-order chi connectivity index (χ1) is 13.9. The number of rotatable bonds is 8. The Morgan fingerprint density at radius 1 is 0.679 bits per heavy atom. The van der Waals surface area contributed by atoms with Crippen LogP contribution in [0.1, 0.15) is 24.8 Å². The number of anilines is 1. The van der Waals surface area contributed by atoms with Crippen molar-refractivity contribution in [3.63, 3.8) is 0 Å². The van der Waals surface area contributed by atoms with Crippen LogP contribution in [0.25, 0.3) is 21.8 Å². The van der Waals surface area contributed by atoms with E-state index in [0.29, 0.717) is 0 Å².